The van der Waals surface area contributed by atoms with Crippen LogP contribution in [0.3, 0.4) is 0 Å². The van der Waals surface area contributed by atoms with Gasteiger partial charge >= 0.3 is 5.97 Å². The molecule has 2 rings (SSSR count). The van der Waals surface area contributed by atoms with E-state index in [1.807, 2.05) is 0 Å². The molecule has 0 fully saturated rings. The number of rotatable bonds is 10. The number of halogens is 1. The van der Waals surface area contributed by atoms with E-state index >= 15 is 0 Å². The van der Waals surface area contributed by atoms with Gasteiger partial charge in [0, 0.05) is 18.1 Å². The Kier molecular flexibility index (Phi) is 8.00. The van der Waals surface area contributed by atoms with Crippen LogP contribution < -0.4 is 5.32 Å². The zero-order valence-corrected chi connectivity index (χ0v) is 15.5. The topological polar surface area (TPSA) is 98.5 Å². The molecule has 1 N–H and O–H groups in total. The zero-order valence-electron chi connectivity index (χ0n) is 14.7. The van der Waals surface area contributed by atoms with Crippen LogP contribution in [0.15, 0.2) is 34.9 Å². The Morgan fingerprint density at radius 2 is 1.96 bits per heavy atom. The van der Waals surface area contributed by atoms with Crippen LogP contribution in [-0.4, -0.2) is 40.9 Å². The van der Waals surface area contributed by atoms with Gasteiger partial charge in [-0.05, 0) is 37.6 Å². The number of nitrogens with zero attached hydrogens (tertiary/aromatic N) is 1. The molecule has 9 heteroatoms. The third-order valence-electron chi connectivity index (χ3n) is 3.33. The summed E-state index contributed by atoms with van der Waals surface area (Å²) < 4.78 is 22.7. The van der Waals surface area contributed by atoms with E-state index in [4.69, 9.17) is 9.26 Å². The molecule has 0 aliphatic heterocycles. The number of aromatic nitrogens is 1. The fraction of sp³-hybridized carbons (Fsp3) is 0.333. The predicted octanol–water partition coefficient (Wildman–Crippen LogP) is 3.00. The molecule has 0 radical (unpaired) electrons. The summed E-state index contributed by atoms with van der Waals surface area (Å²) in [6.45, 7) is 1.82. The van der Waals surface area contributed by atoms with Crippen LogP contribution in [0, 0.1) is 12.7 Å². The lowest BCUT2D eigenvalue weighted by atomic mass is 10.1. The van der Waals surface area contributed by atoms with E-state index < -0.39 is 11.8 Å². The highest BCUT2D eigenvalue weighted by molar-refractivity contribution is 8.00. The van der Waals surface area contributed by atoms with Crippen molar-refractivity contribution < 1.29 is 28.0 Å². The Morgan fingerprint density at radius 3 is 2.63 bits per heavy atom. The highest BCUT2D eigenvalue weighted by atomic mass is 32.2. The molecule has 1 aromatic heterocycles. The number of amides is 1. The van der Waals surface area contributed by atoms with Crippen LogP contribution in [0.4, 0.5) is 10.2 Å². The standard InChI is InChI=1S/C18H19FN2O5S/c1-12-9-16(21-26-12)20-17(23)10-27-11-18(24)25-8-2-3-15(22)13-4-6-14(19)7-5-13/h4-7,9H,2-3,8,10-11H2,1H3,(H,20,21,23). The van der Waals surface area contributed by atoms with Gasteiger partial charge < -0.3 is 14.6 Å². The number of hydrogen-bond acceptors (Lipinski definition) is 7. The third-order valence-corrected chi connectivity index (χ3v) is 4.23. The average molecular weight is 394 g/mol. The van der Waals surface area contributed by atoms with Crippen molar-refractivity contribution in [1.82, 2.24) is 5.16 Å². The number of carbonyl (C=O) groups is 3. The summed E-state index contributed by atoms with van der Waals surface area (Å²) in [4.78, 5) is 35.2. The minimum atomic E-state index is -0.459. The van der Waals surface area contributed by atoms with E-state index in [9.17, 15) is 18.8 Å². The molecule has 1 amide bonds. The van der Waals surface area contributed by atoms with Crippen LogP contribution >= 0.6 is 11.8 Å². The van der Waals surface area contributed by atoms with Crippen molar-refractivity contribution in [2.24, 2.45) is 0 Å². The molecule has 0 saturated carbocycles. The lowest BCUT2D eigenvalue weighted by molar-refractivity contribution is -0.140. The van der Waals surface area contributed by atoms with Crippen LogP contribution in [0.25, 0.3) is 0 Å². The van der Waals surface area contributed by atoms with Crippen LogP contribution in [0.2, 0.25) is 0 Å². The summed E-state index contributed by atoms with van der Waals surface area (Å²) in [5.41, 5.74) is 0.423. The highest BCUT2D eigenvalue weighted by Gasteiger charge is 2.10. The molecular weight excluding hydrogens is 375 g/mol. The van der Waals surface area contributed by atoms with Gasteiger partial charge in [0.1, 0.15) is 11.6 Å². The second-order valence-electron chi connectivity index (χ2n) is 5.62. The molecule has 0 unspecified atom stereocenters. The first-order valence-electron chi connectivity index (χ1n) is 8.19. The van der Waals surface area contributed by atoms with Gasteiger partial charge in [-0.3, -0.25) is 14.4 Å². The number of aryl methyl sites for hydroxylation is 1. The first-order valence-corrected chi connectivity index (χ1v) is 9.35. The molecule has 144 valence electrons. The molecule has 2 aromatic rings. The summed E-state index contributed by atoms with van der Waals surface area (Å²) >= 11 is 1.11. The Hall–Kier alpha value is -2.68. The summed E-state index contributed by atoms with van der Waals surface area (Å²) in [5.74, 6) is -0.291. The summed E-state index contributed by atoms with van der Waals surface area (Å²) in [5, 5.41) is 6.18. The lowest BCUT2D eigenvalue weighted by Gasteiger charge is -2.05. The number of ether oxygens (including phenoxy) is 1. The molecule has 0 aliphatic carbocycles. The van der Waals surface area contributed by atoms with Gasteiger partial charge in [-0.25, -0.2) is 4.39 Å². The number of hydrogen-bond donors (Lipinski definition) is 1. The van der Waals surface area contributed by atoms with Gasteiger partial charge in [0.15, 0.2) is 11.6 Å². The molecule has 7 nitrogen and oxygen atoms in total. The smallest absolute Gasteiger partial charge is 0.315 e. The van der Waals surface area contributed by atoms with Gasteiger partial charge in [0.05, 0.1) is 18.1 Å². The summed E-state index contributed by atoms with van der Waals surface area (Å²) in [7, 11) is 0. The second kappa shape index (κ2) is 10.5. The van der Waals surface area contributed by atoms with Gasteiger partial charge in [-0.2, -0.15) is 0 Å². The molecule has 1 aromatic carbocycles. The number of carbonyl (C=O) groups excluding carboxylic acids is 3. The maximum Gasteiger partial charge on any atom is 0.315 e. The Bertz CT molecular complexity index is 791. The zero-order chi connectivity index (χ0) is 19.6. The largest absolute Gasteiger partial charge is 0.465 e. The Morgan fingerprint density at radius 1 is 1.22 bits per heavy atom. The number of Topliss-reactive ketones (excluding diaryl/α,β-unsaturated/α-hetero) is 1. The van der Waals surface area contributed by atoms with Crippen molar-refractivity contribution in [3.63, 3.8) is 0 Å². The third kappa shape index (κ3) is 7.61. The monoisotopic (exact) mass is 394 g/mol. The van der Waals surface area contributed by atoms with Gasteiger partial charge in [0.25, 0.3) is 0 Å². The lowest BCUT2D eigenvalue weighted by Crippen LogP contribution is -2.16. The van der Waals surface area contributed by atoms with Crippen molar-refractivity contribution in [3.8, 4) is 0 Å². The fourth-order valence-electron chi connectivity index (χ4n) is 2.07. The van der Waals surface area contributed by atoms with E-state index in [2.05, 4.69) is 10.5 Å². The van der Waals surface area contributed by atoms with E-state index in [1.165, 1.54) is 24.3 Å². The van der Waals surface area contributed by atoms with Crippen LogP contribution in [0.5, 0.6) is 0 Å². The second-order valence-corrected chi connectivity index (χ2v) is 6.60. The number of thioether (sulfide) groups is 1. The molecule has 0 atom stereocenters. The fourth-order valence-corrected chi connectivity index (χ4v) is 2.68. The van der Waals surface area contributed by atoms with Crippen LogP contribution in [-0.2, 0) is 14.3 Å². The van der Waals surface area contributed by atoms with Crippen molar-refractivity contribution in [2.45, 2.75) is 19.8 Å². The molecule has 0 bridgehead atoms. The van der Waals surface area contributed by atoms with Gasteiger partial charge in [0.2, 0.25) is 5.91 Å². The van der Waals surface area contributed by atoms with E-state index in [-0.39, 0.29) is 36.2 Å². The number of ketones is 1. The minimum absolute atomic E-state index is 0.0250. The molecule has 1 heterocycles. The van der Waals surface area contributed by atoms with Gasteiger partial charge in [-0.15, -0.1) is 11.8 Å². The number of anilines is 1. The molecule has 0 saturated heterocycles. The number of nitrogens with one attached hydrogen (secondary N) is 1. The van der Waals surface area contributed by atoms with E-state index in [1.54, 1.807) is 13.0 Å². The van der Waals surface area contributed by atoms with E-state index in [0.717, 1.165) is 11.8 Å². The maximum absolute atomic E-state index is 12.8. The molecule has 27 heavy (non-hydrogen) atoms. The van der Waals surface area contributed by atoms with Crippen LogP contribution in [0.1, 0.15) is 29.0 Å². The molecule has 0 spiro atoms. The van der Waals surface area contributed by atoms with Crippen molar-refractivity contribution >= 4 is 35.2 Å². The van der Waals surface area contributed by atoms with Crippen molar-refractivity contribution in [1.29, 1.82) is 0 Å². The quantitative estimate of drug-likeness (QED) is 0.376. The number of benzene rings is 1. The highest BCUT2D eigenvalue weighted by Crippen LogP contribution is 2.10. The maximum atomic E-state index is 12.8. The SMILES string of the molecule is Cc1cc(NC(=O)CSCC(=O)OCCCC(=O)c2ccc(F)cc2)no1. The average Bonchev–Trinajstić information content (AvgIpc) is 3.03. The minimum Gasteiger partial charge on any atom is -0.465 e. The number of esters is 1. The predicted molar refractivity (Wildman–Crippen MR) is 98.1 cm³/mol. The molecular formula is C18H19FN2O5S. The summed E-state index contributed by atoms with van der Waals surface area (Å²) in [6, 6.07) is 6.89. The first kappa shape index (κ1) is 20.6. The van der Waals surface area contributed by atoms with E-state index in [0.29, 0.717) is 23.6 Å². The Balaban J connectivity index is 1.55. The first-order chi connectivity index (χ1) is 12.9. The van der Waals surface area contributed by atoms with Crippen molar-refractivity contribution in [2.75, 3.05) is 23.4 Å². The Labute approximate surface area is 159 Å². The summed E-state index contributed by atoms with van der Waals surface area (Å²) in [6.07, 6.45) is 0.574. The molecule has 0 aliphatic rings. The van der Waals surface area contributed by atoms with Gasteiger partial charge in [-0.1, -0.05) is 5.16 Å². The van der Waals surface area contributed by atoms with Crippen molar-refractivity contribution in [3.05, 3.63) is 47.5 Å². The normalized spacial score (nSPS) is 10.4.